The summed E-state index contributed by atoms with van der Waals surface area (Å²) in [5.74, 6) is -1.23. The number of carbonyl (C=O) groups is 3. The molecule has 10 heteroatoms. The largest absolute Gasteiger partial charge is 0.396 e. The Morgan fingerprint density at radius 3 is 2.49 bits per heavy atom. The van der Waals surface area contributed by atoms with Gasteiger partial charge in [0.25, 0.3) is 0 Å². The number of aryl methyl sites for hydroxylation is 1. The summed E-state index contributed by atoms with van der Waals surface area (Å²) >= 11 is 1.58. The van der Waals surface area contributed by atoms with Crippen LogP contribution in [0, 0.1) is 12.3 Å². The third-order valence-electron chi connectivity index (χ3n) is 6.05. The van der Waals surface area contributed by atoms with E-state index in [-0.39, 0.29) is 38.4 Å². The molecule has 0 saturated carbocycles. The molecule has 1 aromatic heterocycles. The Bertz CT molecular complexity index is 1050. The number of rotatable bonds is 8. The van der Waals surface area contributed by atoms with Crippen molar-refractivity contribution in [2.45, 2.75) is 65.3 Å². The van der Waals surface area contributed by atoms with E-state index in [0.717, 1.165) is 21.7 Å². The molecule has 3 atom stereocenters. The van der Waals surface area contributed by atoms with Crippen LogP contribution in [0.25, 0.3) is 10.4 Å². The number of aliphatic hydroxyl groups is 2. The molecule has 190 valence electrons. The van der Waals surface area contributed by atoms with Gasteiger partial charge in [0.05, 0.1) is 28.8 Å². The van der Waals surface area contributed by atoms with Crippen molar-refractivity contribution in [1.82, 2.24) is 20.5 Å². The van der Waals surface area contributed by atoms with Crippen molar-refractivity contribution < 1.29 is 24.6 Å². The van der Waals surface area contributed by atoms with Gasteiger partial charge >= 0.3 is 0 Å². The number of aliphatic hydroxyl groups excluding tert-OH is 2. The molecule has 1 saturated heterocycles. The molecule has 1 aliphatic heterocycles. The number of amides is 3. The summed E-state index contributed by atoms with van der Waals surface area (Å²) in [6.45, 7) is 7.38. The van der Waals surface area contributed by atoms with Crippen molar-refractivity contribution >= 4 is 29.1 Å². The van der Waals surface area contributed by atoms with Gasteiger partial charge in [0.1, 0.15) is 12.1 Å². The highest BCUT2D eigenvalue weighted by Gasteiger charge is 2.44. The maximum absolute atomic E-state index is 13.4. The van der Waals surface area contributed by atoms with Gasteiger partial charge in [0.15, 0.2) is 0 Å². The van der Waals surface area contributed by atoms with Crippen molar-refractivity contribution in [2.24, 2.45) is 5.41 Å². The van der Waals surface area contributed by atoms with Gasteiger partial charge in [-0.1, -0.05) is 45.0 Å². The van der Waals surface area contributed by atoms with Crippen LogP contribution in [0.2, 0.25) is 0 Å². The zero-order valence-corrected chi connectivity index (χ0v) is 21.4. The fourth-order valence-electron chi connectivity index (χ4n) is 4.12. The van der Waals surface area contributed by atoms with E-state index in [4.69, 9.17) is 5.11 Å². The van der Waals surface area contributed by atoms with E-state index in [9.17, 15) is 19.5 Å². The molecule has 2 aromatic rings. The Morgan fingerprint density at radius 2 is 1.91 bits per heavy atom. The average Bonchev–Trinajstić information content (AvgIpc) is 3.40. The number of aromatic nitrogens is 1. The first-order valence-electron chi connectivity index (χ1n) is 11.7. The van der Waals surface area contributed by atoms with Gasteiger partial charge in [-0.15, -0.1) is 11.3 Å². The summed E-state index contributed by atoms with van der Waals surface area (Å²) in [6, 6.07) is 6.11. The maximum Gasteiger partial charge on any atom is 0.246 e. The molecule has 1 fully saturated rings. The first-order valence-corrected chi connectivity index (χ1v) is 12.5. The van der Waals surface area contributed by atoms with Crippen LogP contribution >= 0.6 is 11.3 Å². The first kappa shape index (κ1) is 26.8. The van der Waals surface area contributed by atoms with Gasteiger partial charge in [-0.3, -0.25) is 14.4 Å². The second-order valence-corrected chi connectivity index (χ2v) is 10.8. The molecule has 4 N–H and O–H groups in total. The molecule has 3 rings (SSSR count). The summed E-state index contributed by atoms with van der Waals surface area (Å²) in [4.78, 5) is 45.3. The van der Waals surface area contributed by atoms with Crippen molar-refractivity contribution in [2.75, 3.05) is 13.2 Å². The van der Waals surface area contributed by atoms with Crippen LogP contribution in [0.3, 0.4) is 0 Å². The lowest BCUT2D eigenvalue weighted by atomic mass is 9.85. The van der Waals surface area contributed by atoms with E-state index in [0.29, 0.717) is 0 Å². The lowest BCUT2D eigenvalue weighted by Crippen LogP contribution is -2.57. The Morgan fingerprint density at radius 1 is 1.23 bits per heavy atom. The second-order valence-electron chi connectivity index (χ2n) is 9.92. The summed E-state index contributed by atoms with van der Waals surface area (Å²) in [7, 11) is 0. The highest BCUT2D eigenvalue weighted by Crippen LogP contribution is 2.28. The molecule has 0 radical (unpaired) electrons. The van der Waals surface area contributed by atoms with Gasteiger partial charge in [-0.25, -0.2) is 4.98 Å². The molecular formula is C25H34N4O5S. The molecular weight excluding hydrogens is 468 g/mol. The predicted octanol–water partition coefficient (Wildman–Crippen LogP) is 1.61. The molecule has 1 aliphatic rings. The fraction of sp³-hybridized carbons (Fsp3) is 0.520. The minimum Gasteiger partial charge on any atom is -0.396 e. The number of hydrogen-bond acceptors (Lipinski definition) is 7. The summed E-state index contributed by atoms with van der Waals surface area (Å²) < 4.78 is 0. The monoisotopic (exact) mass is 502 g/mol. The molecule has 2 heterocycles. The number of nitrogens with one attached hydrogen (secondary N) is 2. The third-order valence-corrected chi connectivity index (χ3v) is 7.03. The smallest absolute Gasteiger partial charge is 0.246 e. The van der Waals surface area contributed by atoms with Crippen molar-refractivity contribution in [3.05, 3.63) is 41.0 Å². The van der Waals surface area contributed by atoms with E-state index < -0.39 is 35.4 Å². The van der Waals surface area contributed by atoms with E-state index in [1.807, 2.05) is 57.5 Å². The van der Waals surface area contributed by atoms with Crippen LogP contribution in [0.1, 0.15) is 44.9 Å². The van der Waals surface area contributed by atoms with Crippen LogP contribution in [0.4, 0.5) is 0 Å². The lowest BCUT2D eigenvalue weighted by Gasteiger charge is -2.35. The third kappa shape index (κ3) is 6.65. The molecule has 0 spiro atoms. The second kappa shape index (κ2) is 11.3. The van der Waals surface area contributed by atoms with Gasteiger partial charge in [-0.05, 0) is 23.5 Å². The van der Waals surface area contributed by atoms with Crippen molar-refractivity contribution in [3.8, 4) is 10.4 Å². The first-order chi connectivity index (χ1) is 16.5. The van der Waals surface area contributed by atoms with Gasteiger partial charge < -0.3 is 25.7 Å². The Kier molecular flexibility index (Phi) is 8.63. The number of nitrogens with zero attached hydrogens (tertiary/aromatic N) is 2. The zero-order valence-electron chi connectivity index (χ0n) is 20.6. The summed E-state index contributed by atoms with van der Waals surface area (Å²) in [5, 5.41) is 24.8. The normalized spacial score (nSPS) is 18.9. The quantitative estimate of drug-likeness (QED) is 0.434. The average molecular weight is 503 g/mol. The fourth-order valence-corrected chi connectivity index (χ4v) is 4.93. The molecule has 9 nitrogen and oxygen atoms in total. The number of carbonyl (C=O) groups excluding carboxylic acids is 3. The van der Waals surface area contributed by atoms with Crippen LogP contribution in [-0.2, 0) is 20.9 Å². The number of hydrogen-bond donors (Lipinski definition) is 4. The minimum atomic E-state index is -0.898. The van der Waals surface area contributed by atoms with Crippen LogP contribution in [0.15, 0.2) is 29.8 Å². The van der Waals surface area contributed by atoms with Gasteiger partial charge in [0, 0.05) is 25.9 Å². The summed E-state index contributed by atoms with van der Waals surface area (Å²) in [5.41, 5.74) is 4.12. The molecule has 0 bridgehead atoms. The molecule has 35 heavy (non-hydrogen) atoms. The SMILES string of the molecule is Cc1ncsc1-c1ccc(CNC(=O)[C@@H]2C[C@@H](O)CN2C(=O)[C@@H](NC(=O)CCO)C(C)(C)C)cc1. The van der Waals surface area contributed by atoms with E-state index in [1.165, 1.54) is 4.90 Å². The topological polar surface area (TPSA) is 132 Å². The Hall–Kier alpha value is -2.82. The number of likely N-dealkylation sites (tertiary alicyclic amines) is 1. The van der Waals surface area contributed by atoms with Crippen molar-refractivity contribution in [1.29, 1.82) is 0 Å². The summed E-state index contributed by atoms with van der Waals surface area (Å²) in [6.07, 6.45) is -0.818. The van der Waals surface area contributed by atoms with Crippen LogP contribution in [-0.4, -0.2) is 69.2 Å². The van der Waals surface area contributed by atoms with E-state index in [1.54, 1.807) is 11.3 Å². The predicted molar refractivity (Wildman–Crippen MR) is 133 cm³/mol. The highest BCUT2D eigenvalue weighted by atomic mass is 32.1. The van der Waals surface area contributed by atoms with Crippen LogP contribution in [0.5, 0.6) is 0 Å². The Labute approximate surface area is 209 Å². The number of thiazole rings is 1. The Balaban J connectivity index is 1.67. The van der Waals surface area contributed by atoms with Gasteiger partial charge in [-0.2, -0.15) is 0 Å². The zero-order chi connectivity index (χ0) is 25.8. The van der Waals surface area contributed by atoms with Crippen molar-refractivity contribution in [3.63, 3.8) is 0 Å². The van der Waals surface area contributed by atoms with E-state index in [2.05, 4.69) is 15.6 Å². The van der Waals surface area contributed by atoms with E-state index >= 15 is 0 Å². The molecule has 3 amide bonds. The molecule has 0 unspecified atom stereocenters. The highest BCUT2D eigenvalue weighted by molar-refractivity contribution is 7.13. The molecule has 1 aromatic carbocycles. The maximum atomic E-state index is 13.4. The lowest BCUT2D eigenvalue weighted by molar-refractivity contribution is -0.144. The standard InChI is InChI=1S/C25H34N4O5S/c1-15-21(35-14-27-15)17-7-5-16(6-8-17)12-26-23(33)19-11-18(31)13-29(19)24(34)22(25(2,3)4)28-20(32)9-10-30/h5-8,14,18-19,22,30-31H,9-13H2,1-4H3,(H,26,33)(H,28,32)/t18-,19+,22-/m1/s1. The van der Waals surface area contributed by atoms with Crippen LogP contribution < -0.4 is 10.6 Å². The van der Waals surface area contributed by atoms with Gasteiger partial charge in [0.2, 0.25) is 17.7 Å². The number of β-amino-alcohol motifs (C(OH)–C–C–N with tert-alkyl or cyclic N) is 1. The molecule has 0 aliphatic carbocycles. The minimum absolute atomic E-state index is 0.0161. The number of benzene rings is 1.